The van der Waals surface area contributed by atoms with Crippen molar-refractivity contribution in [1.82, 2.24) is 0 Å². The third kappa shape index (κ3) is 5.20. The Hall–Kier alpha value is -1.61. The van der Waals surface area contributed by atoms with E-state index in [1.54, 1.807) is 0 Å². The molecule has 0 heterocycles. The summed E-state index contributed by atoms with van der Waals surface area (Å²) < 4.78 is 1.30. The van der Waals surface area contributed by atoms with Crippen molar-refractivity contribution in [1.29, 1.82) is 0 Å². The third-order valence-electron chi connectivity index (χ3n) is 5.35. The quantitative estimate of drug-likeness (QED) is 0.320. The minimum Gasteiger partial charge on any atom is -0.0622 e. The summed E-state index contributed by atoms with van der Waals surface area (Å²) in [4.78, 5) is 0. The van der Waals surface area contributed by atoms with Crippen LogP contribution in [-0.4, -0.2) is 0 Å². The molecule has 0 aliphatic carbocycles. The molecule has 3 unspecified atom stereocenters. The topological polar surface area (TPSA) is 0 Å². The van der Waals surface area contributed by atoms with Crippen LogP contribution in [0.1, 0.15) is 61.1 Å². The van der Waals surface area contributed by atoms with E-state index in [0.717, 1.165) is 0 Å². The van der Waals surface area contributed by atoms with Crippen LogP contribution >= 0.6 is 22.6 Å². The van der Waals surface area contributed by atoms with Gasteiger partial charge in [0, 0.05) is 3.57 Å². The van der Waals surface area contributed by atoms with E-state index in [1.807, 2.05) is 0 Å². The zero-order valence-electron chi connectivity index (χ0n) is 15.6. The molecule has 3 aromatic carbocycles. The van der Waals surface area contributed by atoms with Crippen LogP contribution in [0.25, 0.3) is 0 Å². The largest absolute Gasteiger partial charge is 0.0622 e. The zero-order valence-corrected chi connectivity index (χ0v) is 17.8. The predicted octanol–water partition coefficient (Wildman–Crippen LogP) is 7.76. The Morgan fingerprint density at radius 2 is 1.00 bits per heavy atom. The summed E-state index contributed by atoms with van der Waals surface area (Å²) in [6.07, 6.45) is 2.37. The molecule has 0 amide bonds. The van der Waals surface area contributed by atoms with Crippen LogP contribution in [-0.2, 0) is 0 Å². The van der Waals surface area contributed by atoms with Gasteiger partial charge in [-0.05, 0) is 82.0 Å². The van der Waals surface area contributed by atoms with E-state index in [0.29, 0.717) is 17.8 Å². The monoisotopic (exact) mass is 454 g/mol. The number of rotatable bonds is 7. The van der Waals surface area contributed by atoms with Gasteiger partial charge >= 0.3 is 0 Å². The second kappa shape index (κ2) is 9.36. The molecule has 3 atom stereocenters. The van der Waals surface area contributed by atoms with E-state index >= 15 is 0 Å². The highest BCUT2D eigenvalue weighted by Crippen LogP contribution is 2.37. The molecule has 3 aromatic rings. The van der Waals surface area contributed by atoms with Gasteiger partial charge in [-0.1, -0.05) is 86.6 Å². The molecule has 0 bridgehead atoms. The highest BCUT2D eigenvalue weighted by Gasteiger charge is 2.20. The van der Waals surface area contributed by atoms with E-state index in [2.05, 4.69) is 121 Å². The molecular weight excluding hydrogens is 427 g/mol. The van der Waals surface area contributed by atoms with Crippen molar-refractivity contribution in [3.8, 4) is 0 Å². The molecule has 0 aliphatic rings. The highest BCUT2D eigenvalue weighted by molar-refractivity contribution is 14.1. The van der Waals surface area contributed by atoms with Crippen LogP contribution in [0.3, 0.4) is 0 Å². The molecule has 1 heteroatoms. The Balaban J connectivity index is 1.78. The lowest BCUT2D eigenvalue weighted by Gasteiger charge is -2.25. The first-order valence-electron chi connectivity index (χ1n) is 9.49. The van der Waals surface area contributed by atoms with Crippen LogP contribution in [0.15, 0.2) is 84.9 Å². The number of hydrogen-bond acceptors (Lipinski definition) is 0. The zero-order chi connectivity index (χ0) is 18.4. The summed E-state index contributed by atoms with van der Waals surface area (Å²) in [5.41, 5.74) is 4.35. The lowest BCUT2D eigenvalue weighted by molar-refractivity contribution is 0.489. The molecule has 26 heavy (non-hydrogen) atoms. The van der Waals surface area contributed by atoms with Crippen molar-refractivity contribution in [2.45, 2.75) is 44.4 Å². The van der Waals surface area contributed by atoms with Crippen molar-refractivity contribution >= 4 is 22.6 Å². The summed E-state index contributed by atoms with van der Waals surface area (Å²) in [5, 5.41) is 0. The maximum Gasteiger partial charge on any atom is 0.0130 e. The van der Waals surface area contributed by atoms with Crippen molar-refractivity contribution in [3.63, 3.8) is 0 Å². The summed E-state index contributed by atoms with van der Waals surface area (Å²) in [6, 6.07) is 31.0. The Bertz CT molecular complexity index is 777. The van der Waals surface area contributed by atoms with E-state index < -0.39 is 0 Å². The van der Waals surface area contributed by atoms with E-state index in [1.165, 1.54) is 33.1 Å². The first-order valence-corrected chi connectivity index (χ1v) is 10.6. The summed E-state index contributed by atoms with van der Waals surface area (Å²) in [7, 11) is 0. The molecule has 0 saturated carbocycles. The van der Waals surface area contributed by atoms with Gasteiger partial charge in [0.25, 0.3) is 0 Å². The fraction of sp³-hybridized carbons (Fsp3) is 0.280. The fourth-order valence-corrected chi connectivity index (χ4v) is 4.15. The minimum atomic E-state index is 0.556. The Labute approximate surface area is 171 Å². The van der Waals surface area contributed by atoms with Crippen molar-refractivity contribution in [3.05, 3.63) is 105 Å². The third-order valence-corrected chi connectivity index (χ3v) is 6.07. The molecule has 0 radical (unpaired) electrons. The molecule has 0 saturated heterocycles. The first kappa shape index (κ1) is 19.2. The van der Waals surface area contributed by atoms with E-state index in [9.17, 15) is 0 Å². The predicted molar refractivity (Wildman–Crippen MR) is 121 cm³/mol. The van der Waals surface area contributed by atoms with Gasteiger partial charge in [0.2, 0.25) is 0 Å². The Morgan fingerprint density at radius 1 is 0.577 bits per heavy atom. The molecule has 0 aliphatic heterocycles. The molecule has 0 N–H and O–H groups in total. The molecule has 134 valence electrons. The van der Waals surface area contributed by atoms with Gasteiger partial charge in [-0.25, -0.2) is 0 Å². The van der Waals surface area contributed by atoms with Gasteiger partial charge < -0.3 is 0 Å². The number of halogens is 1. The van der Waals surface area contributed by atoms with Crippen molar-refractivity contribution in [2.75, 3.05) is 0 Å². The van der Waals surface area contributed by atoms with Gasteiger partial charge in [0.05, 0.1) is 0 Å². The second-order valence-corrected chi connectivity index (χ2v) is 8.59. The SMILES string of the molecule is CC(CC(CC(C)c1ccc(I)cc1)c1ccccc1)c1ccccc1. The van der Waals surface area contributed by atoms with Gasteiger partial charge in [-0.3, -0.25) is 0 Å². The van der Waals surface area contributed by atoms with E-state index in [4.69, 9.17) is 0 Å². The summed E-state index contributed by atoms with van der Waals surface area (Å²) in [5.74, 6) is 1.69. The lowest BCUT2D eigenvalue weighted by atomic mass is 9.80. The van der Waals surface area contributed by atoms with Crippen LogP contribution in [0.2, 0.25) is 0 Å². The standard InChI is InChI=1S/C25H27I/c1-19(21-9-5-3-6-10-21)17-24(23-11-7-4-8-12-23)18-20(2)22-13-15-25(26)16-14-22/h3-16,19-20,24H,17-18H2,1-2H3. The van der Waals surface area contributed by atoms with Gasteiger partial charge in [0.1, 0.15) is 0 Å². The van der Waals surface area contributed by atoms with Crippen LogP contribution in [0.4, 0.5) is 0 Å². The molecule has 0 nitrogen and oxygen atoms in total. The lowest BCUT2D eigenvalue weighted by Crippen LogP contribution is -2.08. The Morgan fingerprint density at radius 3 is 1.50 bits per heavy atom. The molecular formula is C25H27I. The van der Waals surface area contributed by atoms with Crippen LogP contribution in [0.5, 0.6) is 0 Å². The molecule has 0 spiro atoms. The number of benzene rings is 3. The van der Waals surface area contributed by atoms with E-state index in [-0.39, 0.29) is 0 Å². The fourth-order valence-electron chi connectivity index (χ4n) is 3.79. The van der Waals surface area contributed by atoms with Gasteiger partial charge in [0.15, 0.2) is 0 Å². The highest BCUT2D eigenvalue weighted by atomic mass is 127. The van der Waals surface area contributed by atoms with Crippen molar-refractivity contribution in [2.24, 2.45) is 0 Å². The maximum absolute atomic E-state index is 2.38. The first-order chi connectivity index (χ1) is 12.6. The van der Waals surface area contributed by atoms with Crippen molar-refractivity contribution < 1.29 is 0 Å². The van der Waals surface area contributed by atoms with Crippen LogP contribution in [0, 0.1) is 3.57 Å². The average Bonchev–Trinajstić information content (AvgIpc) is 2.69. The van der Waals surface area contributed by atoms with Crippen LogP contribution < -0.4 is 0 Å². The molecule has 0 aromatic heterocycles. The smallest absolute Gasteiger partial charge is 0.0130 e. The Kier molecular flexibility index (Phi) is 6.90. The van der Waals surface area contributed by atoms with Gasteiger partial charge in [-0.15, -0.1) is 0 Å². The molecule has 3 rings (SSSR count). The average molecular weight is 454 g/mol. The maximum atomic E-state index is 2.38. The summed E-state index contributed by atoms with van der Waals surface area (Å²) in [6.45, 7) is 4.73. The van der Waals surface area contributed by atoms with Gasteiger partial charge in [-0.2, -0.15) is 0 Å². The summed E-state index contributed by atoms with van der Waals surface area (Å²) >= 11 is 2.38. The number of hydrogen-bond donors (Lipinski definition) is 0. The minimum absolute atomic E-state index is 0.556. The molecule has 0 fully saturated rings. The normalized spacial score (nSPS) is 14.6. The second-order valence-electron chi connectivity index (χ2n) is 7.34.